The highest BCUT2D eigenvalue weighted by Crippen LogP contribution is 2.16. The van der Waals surface area contributed by atoms with Crippen LogP contribution in [0, 0.1) is 11.7 Å². The Morgan fingerprint density at radius 3 is 1.68 bits per heavy atom. The number of hydrogen-bond donors (Lipinski definition) is 9. The summed E-state index contributed by atoms with van der Waals surface area (Å²) in [6.07, 6.45) is 0.486. The van der Waals surface area contributed by atoms with Crippen LogP contribution >= 0.6 is 11.6 Å². The van der Waals surface area contributed by atoms with E-state index in [2.05, 4.69) is 31.3 Å². The van der Waals surface area contributed by atoms with E-state index in [0.717, 1.165) is 0 Å². The van der Waals surface area contributed by atoms with E-state index < -0.39 is 59.5 Å². The fourth-order valence-electron chi connectivity index (χ4n) is 5.52. The Hall–Kier alpha value is -6.23. The number of halogens is 2. The molecule has 300 valence electrons. The van der Waals surface area contributed by atoms with Crippen LogP contribution in [0.1, 0.15) is 54.6 Å². The number of aliphatic imine (C=N–C) groups is 2. The number of primary amides is 1. The number of nitrogens with one attached hydrogen (secondary N) is 4. The van der Waals surface area contributed by atoms with Crippen molar-refractivity contribution in [3.63, 3.8) is 0 Å². The standard InChI is InChI=1S/C38H49ClFN11O5/c1-21(2)18-29(34(54)48-28(32(41)52)4-3-17-46-37(42)43)50-36(56)31(20-23-7-15-27(16-8-23)47-38(44)45)51-35(55)30(19-22-5-13-26(40)14-6-22)49-33(53)24-9-11-25(39)12-10-24/h5-16,21,28-31H,3-4,17-20H2,1-2H3,(H2,41,52)(H,48,54)(H,49,53)(H,50,56)(H,51,55)(H4,42,43,46)(H4,44,45,47)/t28-,29-,30-,31-/m0/s1. The number of rotatable bonds is 20. The molecule has 0 saturated carbocycles. The van der Waals surface area contributed by atoms with Crippen molar-refractivity contribution in [3.05, 3.63) is 100 Å². The SMILES string of the molecule is CC(C)C[C@H](NC(=O)[C@H](Cc1ccc(N=C(N)N)cc1)NC(=O)[C@H](Cc1ccc(F)cc1)NC(=O)c1ccc(Cl)cc1)C(=O)N[C@@H](CCCN=C(N)N)C(N)=O. The maximum Gasteiger partial charge on any atom is 0.251 e. The lowest BCUT2D eigenvalue weighted by atomic mass is 9.99. The third-order valence-corrected chi connectivity index (χ3v) is 8.55. The highest BCUT2D eigenvalue weighted by molar-refractivity contribution is 6.30. The zero-order valence-electron chi connectivity index (χ0n) is 31.1. The molecule has 0 aromatic heterocycles. The number of nitrogens with two attached hydrogens (primary N) is 5. The smallest absolute Gasteiger partial charge is 0.251 e. The van der Waals surface area contributed by atoms with Crippen LogP contribution in [0.3, 0.4) is 0 Å². The van der Waals surface area contributed by atoms with Crippen LogP contribution in [-0.2, 0) is 32.0 Å². The Kier molecular flexibility index (Phi) is 17.0. The first-order valence-electron chi connectivity index (χ1n) is 17.8. The van der Waals surface area contributed by atoms with Gasteiger partial charge in [0, 0.05) is 30.0 Å². The van der Waals surface area contributed by atoms with Gasteiger partial charge in [0.05, 0.1) is 5.69 Å². The first-order valence-corrected chi connectivity index (χ1v) is 18.1. The summed E-state index contributed by atoms with van der Waals surface area (Å²) in [6.45, 7) is 3.88. The van der Waals surface area contributed by atoms with E-state index in [-0.39, 0.29) is 55.6 Å². The minimum absolute atomic E-state index is 0.0664. The second-order valence-corrected chi connectivity index (χ2v) is 13.9. The predicted molar refractivity (Wildman–Crippen MR) is 213 cm³/mol. The minimum atomic E-state index is -1.30. The molecule has 0 unspecified atom stereocenters. The number of hydrogen-bond acceptors (Lipinski definition) is 7. The van der Waals surface area contributed by atoms with Crippen LogP contribution in [0.4, 0.5) is 10.1 Å². The van der Waals surface area contributed by atoms with E-state index in [9.17, 15) is 28.4 Å². The number of guanidine groups is 2. The maximum absolute atomic E-state index is 14.1. The van der Waals surface area contributed by atoms with Crippen molar-refractivity contribution in [1.82, 2.24) is 21.3 Å². The summed E-state index contributed by atoms with van der Waals surface area (Å²) < 4.78 is 13.8. The normalized spacial score (nSPS) is 12.9. The van der Waals surface area contributed by atoms with Crippen LogP contribution in [-0.4, -0.2) is 72.2 Å². The van der Waals surface area contributed by atoms with Crippen molar-refractivity contribution in [1.29, 1.82) is 0 Å². The Bertz CT molecular complexity index is 1870. The molecule has 0 saturated heterocycles. The zero-order valence-corrected chi connectivity index (χ0v) is 31.9. The Morgan fingerprint density at radius 1 is 0.661 bits per heavy atom. The highest BCUT2D eigenvalue weighted by atomic mass is 35.5. The molecular weight excluding hydrogens is 745 g/mol. The third-order valence-electron chi connectivity index (χ3n) is 8.29. The van der Waals surface area contributed by atoms with E-state index in [1.807, 2.05) is 13.8 Å². The third kappa shape index (κ3) is 15.3. The molecule has 56 heavy (non-hydrogen) atoms. The summed E-state index contributed by atoms with van der Waals surface area (Å²) in [7, 11) is 0. The molecule has 0 aliphatic carbocycles. The van der Waals surface area contributed by atoms with Crippen LogP contribution in [0.5, 0.6) is 0 Å². The molecule has 0 aliphatic rings. The molecule has 3 aromatic carbocycles. The molecule has 0 aliphatic heterocycles. The van der Waals surface area contributed by atoms with Gasteiger partial charge in [-0.2, -0.15) is 0 Å². The number of nitrogens with zero attached hydrogens (tertiary/aromatic N) is 2. The van der Waals surface area contributed by atoms with Gasteiger partial charge in [0.2, 0.25) is 23.6 Å². The summed E-state index contributed by atoms with van der Waals surface area (Å²) in [6, 6.07) is 13.2. The maximum atomic E-state index is 14.1. The highest BCUT2D eigenvalue weighted by Gasteiger charge is 2.32. The number of carbonyl (C=O) groups is 5. The van der Waals surface area contributed by atoms with Gasteiger partial charge in [-0.25, -0.2) is 9.38 Å². The lowest BCUT2D eigenvalue weighted by Crippen LogP contribution is -2.59. The number of benzene rings is 3. The molecule has 0 fully saturated rings. The molecule has 14 N–H and O–H groups in total. The van der Waals surface area contributed by atoms with E-state index in [1.54, 1.807) is 24.3 Å². The summed E-state index contributed by atoms with van der Waals surface area (Å²) in [5.41, 5.74) is 29.1. The largest absolute Gasteiger partial charge is 0.370 e. The Morgan fingerprint density at radius 2 is 1.16 bits per heavy atom. The van der Waals surface area contributed by atoms with Gasteiger partial charge >= 0.3 is 0 Å². The van der Waals surface area contributed by atoms with Gasteiger partial charge < -0.3 is 49.9 Å². The molecule has 5 amide bonds. The fraction of sp³-hybridized carbons (Fsp3) is 0.342. The molecule has 0 bridgehead atoms. The monoisotopic (exact) mass is 793 g/mol. The molecule has 0 heterocycles. The molecule has 3 rings (SSSR count). The molecule has 3 aromatic rings. The second-order valence-electron chi connectivity index (χ2n) is 13.4. The summed E-state index contributed by atoms with van der Waals surface area (Å²) in [4.78, 5) is 75.3. The van der Waals surface area contributed by atoms with Crippen LogP contribution in [0.2, 0.25) is 5.02 Å². The number of carbonyl (C=O) groups excluding carboxylic acids is 5. The van der Waals surface area contributed by atoms with E-state index >= 15 is 0 Å². The van der Waals surface area contributed by atoms with Gasteiger partial charge in [-0.15, -0.1) is 0 Å². The average Bonchev–Trinajstić information content (AvgIpc) is 3.13. The fourth-order valence-corrected chi connectivity index (χ4v) is 5.64. The first-order chi connectivity index (χ1) is 26.5. The van der Waals surface area contributed by atoms with Crippen LogP contribution < -0.4 is 49.9 Å². The Balaban J connectivity index is 1.93. The molecule has 0 spiro atoms. The topological polar surface area (TPSA) is 288 Å². The van der Waals surface area contributed by atoms with Crippen molar-refractivity contribution in [3.8, 4) is 0 Å². The lowest BCUT2D eigenvalue weighted by Gasteiger charge is -2.27. The summed E-state index contributed by atoms with van der Waals surface area (Å²) in [5, 5.41) is 11.2. The van der Waals surface area contributed by atoms with Crippen LogP contribution in [0.25, 0.3) is 0 Å². The minimum Gasteiger partial charge on any atom is -0.370 e. The average molecular weight is 794 g/mol. The molecule has 4 atom stereocenters. The molecular formula is C38H49ClFN11O5. The van der Waals surface area contributed by atoms with Crippen molar-refractivity contribution < 1.29 is 28.4 Å². The quantitative estimate of drug-likeness (QED) is 0.0448. The van der Waals surface area contributed by atoms with E-state index in [0.29, 0.717) is 28.3 Å². The molecule has 18 heteroatoms. The summed E-state index contributed by atoms with van der Waals surface area (Å²) >= 11 is 5.99. The van der Waals surface area contributed by atoms with Crippen molar-refractivity contribution in [2.24, 2.45) is 44.6 Å². The van der Waals surface area contributed by atoms with Gasteiger partial charge in [0.25, 0.3) is 5.91 Å². The van der Waals surface area contributed by atoms with Gasteiger partial charge in [-0.1, -0.05) is 49.7 Å². The lowest BCUT2D eigenvalue weighted by molar-refractivity contribution is -0.134. The van der Waals surface area contributed by atoms with Gasteiger partial charge in [0.1, 0.15) is 30.0 Å². The summed E-state index contributed by atoms with van der Waals surface area (Å²) in [5.74, 6) is -4.41. The Labute approximate surface area is 329 Å². The van der Waals surface area contributed by atoms with Crippen LogP contribution in [0.15, 0.2) is 82.8 Å². The van der Waals surface area contributed by atoms with E-state index in [1.165, 1.54) is 48.5 Å². The second kappa shape index (κ2) is 21.6. The zero-order chi connectivity index (χ0) is 41.4. The van der Waals surface area contributed by atoms with Gasteiger partial charge in [-0.05, 0) is 84.8 Å². The van der Waals surface area contributed by atoms with Gasteiger partial charge in [-0.3, -0.25) is 29.0 Å². The molecule has 0 radical (unpaired) electrons. The van der Waals surface area contributed by atoms with Crippen molar-refractivity contribution in [2.75, 3.05) is 6.54 Å². The first kappa shape index (κ1) is 44.2. The molecule has 16 nitrogen and oxygen atoms in total. The number of amides is 5. The predicted octanol–water partition coefficient (Wildman–Crippen LogP) is 1.01. The van der Waals surface area contributed by atoms with E-state index in [4.69, 9.17) is 40.3 Å². The van der Waals surface area contributed by atoms with Crippen molar-refractivity contribution >= 4 is 58.7 Å². The van der Waals surface area contributed by atoms with Crippen molar-refractivity contribution in [2.45, 2.75) is 70.1 Å². The van der Waals surface area contributed by atoms with Gasteiger partial charge in [0.15, 0.2) is 11.9 Å².